The second-order valence-corrected chi connectivity index (χ2v) is 6.00. The van der Waals surface area contributed by atoms with Crippen LogP contribution in [0.1, 0.15) is 15.9 Å². The van der Waals surface area contributed by atoms with Gasteiger partial charge >= 0.3 is 5.97 Å². The van der Waals surface area contributed by atoms with Crippen LogP contribution in [0, 0.1) is 6.92 Å². The molecule has 7 nitrogen and oxygen atoms in total. The van der Waals surface area contributed by atoms with E-state index in [1.165, 1.54) is 6.07 Å². The van der Waals surface area contributed by atoms with Crippen LogP contribution >= 0.6 is 0 Å². The standard InChI is InChI=1S/C20H17NO6/c1-11-16(23)13-8-5-9-14(19(24)21-10-15(22)20(25)26)18(13)27-17(11)12-6-3-2-4-7-12/h2-9,15,22H,10H2,1H3,(H,21,24)(H,25,26)/t15-/m0/s1. The Hall–Kier alpha value is -3.45. The summed E-state index contributed by atoms with van der Waals surface area (Å²) in [6.07, 6.45) is -1.72. The lowest BCUT2D eigenvalue weighted by Crippen LogP contribution is -2.36. The number of rotatable bonds is 5. The van der Waals surface area contributed by atoms with Gasteiger partial charge in [0.15, 0.2) is 17.1 Å². The quantitative estimate of drug-likeness (QED) is 0.634. The number of amides is 1. The highest BCUT2D eigenvalue weighted by Gasteiger charge is 2.20. The van der Waals surface area contributed by atoms with Crippen LogP contribution in [0.25, 0.3) is 22.3 Å². The molecule has 0 radical (unpaired) electrons. The van der Waals surface area contributed by atoms with Gasteiger partial charge < -0.3 is 19.9 Å². The fraction of sp³-hybridized carbons (Fsp3) is 0.150. The lowest BCUT2D eigenvalue weighted by atomic mass is 10.0. The van der Waals surface area contributed by atoms with Crippen molar-refractivity contribution in [1.82, 2.24) is 5.32 Å². The summed E-state index contributed by atoms with van der Waals surface area (Å²) in [7, 11) is 0. The van der Waals surface area contributed by atoms with Gasteiger partial charge in [0.05, 0.1) is 17.5 Å². The van der Waals surface area contributed by atoms with E-state index >= 15 is 0 Å². The number of aliphatic carboxylic acids is 1. The molecule has 0 aliphatic carbocycles. The zero-order valence-corrected chi connectivity index (χ0v) is 14.4. The molecule has 0 bridgehead atoms. The molecule has 3 N–H and O–H groups in total. The van der Waals surface area contributed by atoms with E-state index in [0.29, 0.717) is 16.9 Å². The first-order valence-electron chi connectivity index (χ1n) is 8.21. The molecule has 138 valence electrons. The number of carboxylic acids is 1. The highest BCUT2D eigenvalue weighted by atomic mass is 16.4. The number of carboxylic acid groups (broad SMARTS) is 1. The van der Waals surface area contributed by atoms with Crippen molar-refractivity contribution in [3.05, 3.63) is 69.9 Å². The molecule has 2 aromatic carbocycles. The Kier molecular flexibility index (Phi) is 5.05. The average Bonchev–Trinajstić information content (AvgIpc) is 2.68. The first kappa shape index (κ1) is 18.3. The van der Waals surface area contributed by atoms with Gasteiger partial charge in [-0.2, -0.15) is 0 Å². The van der Waals surface area contributed by atoms with Gasteiger partial charge in [0, 0.05) is 11.1 Å². The molecule has 1 amide bonds. The van der Waals surface area contributed by atoms with Gasteiger partial charge in [0.25, 0.3) is 5.91 Å². The molecule has 27 heavy (non-hydrogen) atoms. The molecule has 3 rings (SSSR count). The maximum absolute atomic E-state index is 12.7. The van der Waals surface area contributed by atoms with Crippen molar-refractivity contribution in [3.63, 3.8) is 0 Å². The number of carbonyl (C=O) groups is 2. The number of carbonyl (C=O) groups excluding carboxylic acids is 1. The van der Waals surface area contributed by atoms with Crippen LogP contribution in [-0.2, 0) is 4.79 Å². The minimum Gasteiger partial charge on any atom is -0.479 e. The minimum atomic E-state index is -1.72. The van der Waals surface area contributed by atoms with Crippen LogP contribution in [0.4, 0.5) is 0 Å². The van der Waals surface area contributed by atoms with Crippen molar-refractivity contribution in [3.8, 4) is 11.3 Å². The molecule has 0 aliphatic rings. The van der Waals surface area contributed by atoms with Gasteiger partial charge in [0.1, 0.15) is 5.76 Å². The highest BCUT2D eigenvalue weighted by molar-refractivity contribution is 6.05. The van der Waals surface area contributed by atoms with Crippen LogP contribution in [0.15, 0.2) is 57.7 Å². The largest absolute Gasteiger partial charge is 0.479 e. The Morgan fingerprint density at radius 3 is 2.48 bits per heavy atom. The van der Waals surface area contributed by atoms with Crippen LogP contribution in [0.3, 0.4) is 0 Å². The first-order valence-corrected chi connectivity index (χ1v) is 8.21. The van der Waals surface area contributed by atoms with Gasteiger partial charge in [-0.1, -0.05) is 36.4 Å². The molecular formula is C20H17NO6. The van der Waals surface area contributed by atoms with Crippen molar-refractivity contribution in [2.24, 2.45) is 0 Å². The summed E-state index contributed by atoms with van der Waals surface area (Å²) in [4.78, 5) is 35.9. The normalized spacial score (nSPS) is 11.9. The lowest BCUT2D eigenvalue weighted by molar-refractivity contribution is -0.146. The van der Waals surface area contributed by atoms with E-state index in [4.69, 9.17) is 9.52 Å². The predicted octanol–water partition coefficient (Wildman–Crippen LogP) is 1.94. The first-order chi connectivity index (χ1) is 12.9. The summed E-state index contributed by atoms with van der Waals surface area (Å²) in [6.45, 7) is 1.19. The summed E-state index contributed by atoms with van der Waals surface area (Å²) in [5.41, 5.74) is 1.06. The number of hydrogen-bond acceptors (Lipinski definition) is 5. The molecule has 7 heteroatoms. The maximum Gasteiger partial charge on any atom is 0.334 e. The number of para-hydroxylation sites is 1. The summed E-state index contributed by atoms with van der Waals surface area (Å²) in [5, 5.41) is 20.6. The average molecular weight is 367 g/mol. The second kappa shape index (κ2) is 7.43. The van der Waals surface area contributed by atoms with Crippen molar-refractivity contribution in [2.75, 3.05) is 6.54 Å². The highest BCUT2D eigenvalue weighted by Crippen LogP contribution is 2.27. The molecule has 1 atom stereocenters. The number of aliphatic hydroxyl groups excluding tert-OH is 1. The number of benzene rings is 2. The molecule has 1 heterocycles. The van der Waals surface area contributed by atoms with E-state index in [2.05, 4.69) is 5.32 Å². The Labute approximate surface area is 153 Å². The molecule has 1 aromatic heterocycles. The number of aliphatic hydroxyl groups is 1. The van der Waals surface area contributed by atoms with E-state index in [-0.39, 0.29) is 22.0 Å². The molecule has 0 fully saturated rings. The van der Waals surface area contributed by atoms with Gasteiger partial charge in [0.2, 0.25) is 0 Å². The van der Waals surface area contributed by atoms with E-state index in [0.717, 1.165) is 0 Å². The monoisotopic (exact) mass is 367 g/mol. The van der Waals surface area contributed by atoms with E-state index in [9.17, 15) is 19.5 Å². The topological polar surface area (TPSA) is 117 Å². The SMILES string of the molecule is Cc1c(-c2ccccc2)oc2c(C(=O)NC[C@H](O)C(=O)O)cccc2c1=O. The van der Waals surface area contributed by atoms with Crippen molar-refractivity contribution >= 4 is 22.8 Å². The van der Waals surface area contributed by atoms with Crippen molar-refractivity contribution < 1.29 is 24.2 Å². The smallest absolute Gasteiger partial charge is 0.334 e. The van der Waals surface area contributed by atoms with Gasteiger partial charge in [-0.25, -0.2) is 4.79 Å². The van der Waals surface area contributed by atoms with E-state index in [1.54, 1.807) is 31.2 Å². The molecule has 3 aromatic rings. The predicted molar refractivity (Wildman–Crippen MR) is 98.6 cm³/mol. The Bertz CT molecular complexity index is 1070. The van der Waals surface area contributed by atoms with E-state index < -0.39 is 24.5 Å². The van der Waals surface area contributed by atoms with Crippen LogP contribution < -0.4 is 10.7 Å². The Balaban J connectivity index is 2.10. The van der Waals surface area contributed by atoms with Crippen LogP contribution in [0.2, 0.25) is 0 Å². The van der Waals surface area contributed by atoms with Crippen molar-refractivity contribution in [1.29, 1.82) is 0 Å². The fourth-order valence-corrected chi connectivity index (χ4v) is 2.73. The zero-order valence-electron chi connectivity index (χ0n) is 14.4. The summed E-state index contributed by atoms with van der Waals surface area (Å²) < 4.78 is 5.93. The number of fused-ring (bicyclic) bond motifs is 1. The van der Waals surface area contributed by atoms with Crippen molar-refractivity contribution in [2.45, 2.75) is 13.0 Å². The molecular weight excluding hydrogens is 350 g/mol. The fourth-order valence-electron chi connectivity index (χ4n) is 2.73. The molecule has 0 spiro atoms. The van der Waals surface area contributed by atoms with Gasteiger partial charge in [-0.05, 0) is 19.1 Å². The maximum atomic E-state index is 12.7. The van der Waals surface area contributed by atoms with E-state index in [1.807, 2.05) is 18.2 Å². The zero-order chi connectivity index (χ0) is 19.6. The molecule has 0 aliphatic heterocycles. The molecule has 0 saturated heterocycles. The third-order valence-electron chi connectivity index (χ3n) is 4.17. The lowest BCUT2D eigenvalue weighted by Gasteiger charge is -2.11. The van der Waals surface area contributed by atoms with Gasteiger partial charge in [-0.3, -0.25) is 9.59 Å². The molecule has 0 unspecified atom stereocenters. The second-order valence-electron chi connectivity index (χ2n) is 6.00. The summed E-state index contributed by atoms with van der Waals surface area (Å²) in [6, 6.07) is 13.6. The number of nitrogens with one attached hydrogen (secondary N) is 1. The summed E-state index contributed by atoms with van der Waals surface area (Å²) in [5.74, 6) is -1.73. The van der Waals surface area contributed by atoms with Crippen LogP contribution in [0.5, 0.6) is 0 Å². The molecule has 0 saturated carbocycles. The Morgan fingerprint density at radius 1 is 1.11 bits per heavy atom. The van der Waals surface area contributed by atoms with Gasteiger partial charge in [-0.15, -0.1) is 0 Å². The van der Waals surface area contributed by atoms with Crippen LogP contribution in [-0.4, -0.2) is 34.7 Å². The number of hydrogen-bond donors (Lipinski definition) is 3. The summed E-state index contributed by atoms with van der Waals surface area (Å²) >= 11 is 0. The third-order valence-corrected chi connectivity index (χ3v) is 4.17. The third kappa shape index (κ3) is 3.58. The minimum absolute atomic E-state index is 0.0827. The Morgan fingerprint density at radius 2 is 1.81 bits per heavy atom.